The summed E-state index contributed by atoms with van der Waals surface area (Å²) >= 11 is 0. The van der Waals surface area contributed by atoms with Crippen LogP contribution in [0.3, 0.4) is 0 Å². The van der Waals surface area contributed by atoms with Crippen LogP contribution in [0.15, 0.2) is 0 Å². The van der Waals surface area contributed by atoms with Crippen molar-refractivity contribution >= 4 is 6.09 Å². The third-order valence-corrected chi connectivity index (χ3v) is 2.40. The van der Waals surface area contributed by atoms with Crippen LogP contribution in [0.2, 0.25) is 0 Å². The molecule has 0 radical (unpaired) electrons. The molecule has 4 heteroatoms. The van der Waals surface area contributed by atoms with Crippen molar-refractivity contribution in [1.82, 2.24) is 5.32 Å². The number of carbonyl (C=O) groups is 1. The van der Waals surface area contributed by atoms with E-state index in [0.29, 0.717) is 6.54 Å². The van der Waals surface area contributed by atoms with Crippen LogP contribution in [0.25, 0.3) is 0 Å². The predicted molar refractivity (Wildman–Crippen MR) is 75.5 cm³/mol. The summed E-state index contributed by atoms with van der Waals surface area (Å²) in [5.74, 6) is 0. The Morgan fingerprint density at radius 3 is 2.00 bits per heavy atom. The van der Waals surface area contributed by atoms with Gasteiger partial charge in [0.25, 0.3) is 0 Å². The van der Waals surface area contributed by atoms with E-state index in [0.717, 1.165) is 12.8 Å². The summed E-state index contributed by atoms with van der Waals surface area (Å²) < 4.78 is 5.18. The molecule has 0 aliphatic carbocycles. The van der Waals surface area contributed by atoms with Crippen molar-refractivity contribution in [3.8, 4) is 0 Å². The van der Waals surface area contributed by atoms with E-state index in [9.17, 15) is 4.79 Å². The third kappa shape index (κ3) is 10.4. The summed E-state index contributed by atoms with van der Waals surface area (Å²) in [7, 11) is 0. The van der Waals surface area contributed by atoms with Gasteiger partial charge in [0.15, 0.2) is 0 Å². The average Bonchev–Trinajstić information content (AvgIpc) is 1.93. The molecule has 0 aromatic carbocycles. The second-order valence-electron chi connectivity index (χ2n) is 7.51. The molecule has 108 valence electrons. The Hall–Kier alpha value is -0.770. The molecule has 0 saturated heterocycles. The summed E-state index contributed by atoms with van der Waals surface area (Å²) in [5, 5.41) is 2.78. The highest BCUT2D eigenvalue weighted by molar-refractivity contribution is 5.67. The molecule has 4 nitrogen and oxygen atoms in total. The van der Waals surface area contributed by atoms with E-state index in [1.54, 1.807) is 0 Å². The first-order chi connectivity index (χ1) is 7.81. The van der Waals surface area contributed by atoms with Crippen LogP contribution in [-0.2, 0) is 4.74 Å². The van der Waals surface area contributed by atoms with Crippen molar-refractivity contribution in [2.24, 2.45) is 11.1 Å². The number of amides is 1. The van der Waals surface area contributed by atoms with Crippen LogP contribution in [0.4, 0.5) is 4.79 Å². The van der Waals surface area contributed by atoms with Crippen LogP contribution in [0.5, 0.6) is 0 Å². The molecule has 0 aliphatic rings. The molecule has 0 fully saturated rings. The van der Waals surface area contributed by atoms with Crippen LogP contribution in [-0.4, -0.2) is 23.8 Å². The Bertz CT molecular complexity index is 272. The van der Waals surface area contributed by atoms with Crippen molar-refractivity contribution in [3.05, 3.63) is 0 Å². The minimum Gasteiger partial charge on any atom is -0.444 e. The molecule has 0 unspecified atom stereocenters. The first-order valence-corrected chi connectivity index (χ1v) is 6.57. The van der Waals surface area contributed by atoms with Gasteiger partial charge in [0, 0.05) is 12.1 Å². The van der Waals surface area contributed by atoms with Gasteiger partial charge in [-0.1, -0.05) is 13.8 Å². The third-order valence-electron chi connectivity index (χ3n) is 2.40. The zero-order valence-corrected chi connectivity index (χ0v) is 13.0. The van der Waals surface area contributed by atoms with Crippen molar-refractivity contribution in [3.63, 3.8) is 0 Å². The predicted octanol–water partition coefficient (Wildman–Crippen LogP) is 3.05. The lowest BCUT2D eigenvalue weighted by molar-refractivity contribution is 0.0520. The number of nitrogens with two attached hydrogens (primary N) is 1. The fraction of sp³-hybridized carbons (Fsp3) is 0.929. The molecule has 0 spiro atoms. The second-order valence-corrected chi connectivity index (χ2v) is 7.51. The summed E-state index contributed by atoms with van der Waals surface area (Å²) in [6, 6.07) is 0. The summed E-state index contributed by atoms with van der Waals surface area (Å²) in [5.41, 5.74) is 5.50. The Balaban J connectivity index is 4.00. The molecular weight excluding hydrogens is 228 g/mol. The van der Waals surface area contributed by atoms with Gasteiger partial charge in [0.05, 0.1) is 0 Å². The number of hydrogen-bond acceptors (Lipinski definition) is 3. The fourth-order valence-corrected chi connectivity index (χ4v) is 2.14. The monoisotopic (exact) mass is 258 g/mol. The highest BCUT2D eigenvalue weighted by Gasteiger charge is 2.26. The maximum absolute atomic E-state index is 11.5. The summed E-state index contributed by atoms with van der Waals surface area (Å²) in [4.78, 5) is 11.5. The number of hydrogen-bond donors (Lipinski definition) is 2. The topological polar surface area (TPSA) is 64.3 Å². The van der Waals surface area contributed by atoms with Crippen molar-refractivity contribution < 1.29 is 9.53 Å². The van der Waals surface area contributed by atoms with Gasteiger partial charge in [-0.3, -0.25) is 0 Å². The first-order valence-electron chi connectivity index (χ1n) is 6.57. The normalized spacial score (nSPS) is 13.3. The standard InChI is InChI=1S/C14H30N2O2/c1-12(2,3)18-11(17)16-9-8-13(4,5)10-14(6,7)15/h8-10,15H2,1-7H3,(H,16,17). The molecule has 0 aromatic heterocycles. The molecule has 0 rings (SSSR count). The molecule has 1 amide bonds. The van der Waals surface area contributed by atoms with Crippen LogP contribution in [0, 0.1) is 5.41 Å². The van der Waals surface area contributed by atoms with Gasteiger partial charge in [-0.25, -0.2) is 4.79 Å². The number of ether oxygens (including phenoxy) is 1. The highest BCUT2D eigenvalue weighted by atomic mass is 16.6. The smallest absolute Gasteiger partial charge is 0.407 e. The van der Waals surface area contributed by atoms with Gasteiger partial charge in [-0.05, 0) is 52.9 Å². The first kappa shape index (κ1) is 17.2. The number of rotatable bonds is 5. The molecule has 0 aliphatic heterocycles. The molecule has 0 heterocycles. The maximum Gasteiger partial charge on any atom is 0.407 e. The SMILES string of the molecule is CC(C)(N)CC(C)(C)CCNC(=O)OC(C)(C)C. The minimum absolute atomic E-state index is 0.104. The second kappa shape index (κ2) is 5.91. The highest BCUT2D eigenvalue weighted by Crippen LogP contribution is 2.29. The van der Waals surface area contributed by atoms with E-state index in [1.807, 2.05) is 34.6 Å². The van der Waals surface area contributed by atoms with E-state index < -0.39 is 5.60 Å². The van der Waals surface area contributed by atoms with Crippen molar-refractivity contribution in [2.75, 3.05) is 6.54 Å². The molecule has 0 atom stereocenters. The lowest BCUT2D eigenvalue weighted by atomic mass is 9.78. The number of carbonyl (C=O) groups excluding carboxylic acids is 1. The van der Waals surface area contributed by atoms with Crippen molar-refractivity contribution in [1.29, 1.82) is 0 Å². The molecule has 0 bridgehead atoms. The van der Waals surface area contributed by atoms with E-state index in [4.69, 9.17) is 10.5 Å². The van der Waals surface area contributed by atoms with E-state index >= 15 is 0 Å². The Labute approximate surface area is 112 Å². The van der Waals surface area contributed by atoms with E-state index in [2.05, 4.69) is 19.2 Å². The lowest BCUT2D eigenvalue weighted by Crippen LogP contribution is -2.39. The average molecular weight is 258 g/mol. The molecule has 0 aromatic rings. The van der Waals surface area contributed by atoms with Crippen LogP contribution >= 0.6 is 0 Å². The zero-order chi connectivity index (χ0) is 14.6. The molecular formula is C14H30N2O2. The summed E-state index contributed by atoms with van der Waals surface area (Å²) in [6.45, 7) is 14.6. The van der Waals surface area contributed by atoms with Crippen LogP contribution < -0.4 is 11.1 Å². The maximum atomic E-state index is 11.5. The van der Waals surface area contributed by atoms with Gasteiger partial charge in [-0.2, -0.15) is 0 Å². The zero-order valence-electron chi connectivity index (χ0n) is 13.0. The fourth-order valence-electron chi connectivity index (χ4n) is 2.14. The van der Waals surface area contributed by atoms with E-state index in [1.165, 1.54) is 0 Å². The molecule has 3 N–H and O–H groups in total. The number of alkyl carbamates (subject to hydrolysis) is 1. The quantitative estimate of drug-likeness (QED) is 0.796. The van der Waals surface area contributed by atoms with Crippen molar-refractivity contribution in [2.45, 2.75) is 72.4 Å². The largest absolute Gasteiger partial charge is 0.444 e. The Kier molecular flexibility index (Phi) is 5.66. The Morgan fingerprint density at radius 2 is 1.61 bits per heavy atom. The van der Waals surface area contributed by atoms with Gasteiger partial charge in [-0.15, -0.1) is 0 Å². The lowest BCUT2D eigenvalue weighted by Gasteiger charge is -2.32. The molecule has 0 saturated carbocycles. The van der Waals surface area contributed by atoms with Gasteiger partial charge in [0.2, 0.25) is 0 Å². The van der Waals surface area contributed by atoms with Gasteiger partial charge >= 0.3 is 6.09 Å². The van der Waals surface area contributed by atoms with Crippen LogP contribution in [0.1, 0.15) is 61.3 Å². The summed E-state index contributed by atoms with van der Waals surface area (Å²) in [6.07, 6.45) is 1.44. The van der Waals surface area contributed by atoms with E-state index in [-0.39, 0.29) is 17.0 Å². The minimum atomic E-state index is -0.446. The Morgan fingerprint density at radius 1 is 1.11 bits per heavy atom. The van der Waals surface area contributed by atoms with Gasteiger partial charge < -0.3 is 15.8 Å². The molecule has 18 heavy (non-hydrogen) atoms. The van der Waals surface area contributed by atoms with Gasteiger partial charge in [0.1, 0.15) is 5.60 Å². The number of nitrogens with one attached hydrogen (secondary N) is 1.